The van der Waals surface area contributed by atoms with Crippen LogP contribution in [0.5, 0.6) is 5.75 Å². The lowest BCUT2D eigenvalue weighted by molar-refractivity contribution is 0.309. The summed E-state index contributed by atoms with van der Waals surface area (Å²) >= 11 is 5.17. The van der Waals surface area contributed by atoms with Crippen LogP contribution < -0.4 is 10.1 Å². The Morgan fingerprint density at radius 3 is 2.65 bits per heavy atom. The van der Waals surface area contributed by atoms with Crippen LogP contribution in [0.4, 0.5) is 0 Å². The van der Waals surface area contributed by atoms with Crippen molar-refractivity contribution < 1.29 is 4.74 Å². The molecule has 0 atom stereocenters. The van der Waals surface area contributed by atoms with Gasteiger partial charge in [-0.05, 0) is 66.5 Å². The van der Waals surface area contributed by atoms with E-state index in [4.69, 9.17) is 4.74 Å². The Morgan fingerprint density at radius 2 is 2.00 bits per heavy atom. The van der Waals surface area contributed by atoms with Gasteiger partial charge >= 0.3 is 0 Å². The average Bonchev–Trinajstić information content (AvgIpc) is 2.80. The van der Waals surface area contributed by atoms with Crippen molar-refractivity contribution >= 4 is 27.3 Å². The number of nitrogens with one attached hydrogen (secondary N) is 1. The Bertz CT molecular complexity index is 560. The minimum Gasteiger partial charge on any atom is -0.488 e. The highest BCUT2D eigenvalue weighted by atomic mass is 79.9. The zero-order chi connectivity index (χ0) is 14.6. The molecule has 0 fully saturated rings. The Kier molecular flexibility index (Phi) is 5.24. The molecular weight excluding hydrogens is 334 g/mol. The van der Waals surface area contributed by atoms with Crippen molar-refractivity contribution in [2.75, 3.05) is 0 Å². The van der Waals surface area contributed by atoms with Gasteiger partial charge in [-0.25, -0.2) is 0 Å². The van der Waals surface area contributed by atoms with Gasteiger partial charge in [0.1, 0.15) is 12.4 Å². The van der Waals surface area contributed by atoms with Gasteiger partial charge in [0.15, 0.2) is 0 Å². The molecule has 0 radical (unpaired) electrons. The number of hydrogen-bond acceptors (Lipinski definition) is 3. The van der Waals surface area contributed by atoms with E-state index < -0.39 is 0 Å². The molecule has 0 aliphatic carbocycles. The first-order valence-electron chi connectivity index (χ1n) is 6.63. The van der Waals surface area contributed by atoms with E-state index in [0.717, 1.165) is 16.1 Å². The molecule has 1 N–H and O–H groups in total. The van der Waals surface area contributed by atoms with Gasteiger partial charge < -0.3 is 10.1 Å². The van der Waals surface area contributed by atoms with Crippen molar-refractivity contribution in [2.24, 2.45) is 0 Å². The zero-order valence-corrected chi connectivity index (χ0v) is 14.5. The summed E-state index contributed by atoms with van der Waals surface area (Å²) in [6.07, 6.45) is 0. The second-order valence-corrected chi connectivity index (χ2v) is 8.29. The predicted molar refractivity (Wildman–Crippen MR) is 89.4 cm³/mol. The highest BCUT2D eigenvalue weighted by Gasteiger charge is 2.08. The lowest BCUT2D eigenvalue weighted by atomic mass is 10.1. The van der Waals surface area contributed by atoms with Crippen molar-refractivity contribution in [3.05, 3.63) is 50.6 Å². The number of thiophene rings is 1. The van der Waals surface area contributed by atoms with E-state index in [9.17, 15) is 0 Å². The predicted octanol–water partition coefficient (Wildman–Crippen LogP) is 4.98. The van der Waals surface area contributed by atoms with Gasteiger partial charge in [0.25, 0.3) is 0 Å². The molecule has 0 bridgehead atoms. The van der Waals surface area contributed by atoms with E-state index in [0.29, 0.717) is 6.61 Å². The monoisotopic (exact) mass is 353 g/mol. The second kappa shape index (κ2) is 6.74. The lowest BCUT2D eigenvalue weighted by Gasteiger charge is -2.20. The van der Waals surface area contributed by atoms with Crippen molar-refractivity contribution in [1.82, 2.24) is 5.32 Å². The third-order valence-electron chi connectivity index (χ3n) is 2.73. The van der Waals surface area contributed by atoms with Crippen LogP contribution in [-0.4, -0.2) is 5.54 Å². The van der Waals surface area contributed by atoms with Gasteiger partial charge in [-0.2, -0.15) is 0 Å². The molecular formula is C16H20BrNOS. The maximum Gasteiger partial charge on any atom is 0.122 e. The smallest absolute Gasteiger partial charge is 0.122 e. The molecule has 0 amide bonds. The average molecular weight is 354 g/mol. The van der Waals surface area contributed by atoms with Crippen LogP contribution >= 0.6 is 27.3 Å². The normalized spacial score (nSPS) is 11.6. The van der Waals surface area contributed by atoms with Crippen molar-refractivity contribution in [1.29, 1.82) is 0 Å². The maximum absolute atomic E-state index is 5.84. The fourth-order valence-corrected chi connectivity index (χ4v) is 3.09. The quantitative estimate of drug-likeness (QED) is 0.818. The van der Waals surface area contributed by atoms with Crippen LogP contribution in [0, 0.1) is 0 Å². The van der Waals surface area contributed by atoms with Gasteiger partial charge in [-0.3, -0.25) is 0 Å². The van der Waals surface area contributed by atoms with E-state index in [2.05, 4.69) is 60.2 Å². The highest BCUT2D eigenvalue weighted by Crippen LogP contribution is 2.24. The van der Waals surface area contributed by atoms with E-state index >= 15 is 0 Å². The SMILES string of the molecule is CC(C)(C)NCc1cccc(OCc2ccc(Br)s2)c1. The summed E-state index contributed by atoms with van der Waals surface area (Å²) in [7, 11) is 0. The summed E-state index contributed by atoms with van der Waals surface area (Å²) in [6.45, 7) is 7.98. The fraction of sp³-hybridized carbons (Fsp3) is 0.375. The molecule has 0 unspecified atom stereocenters. The molecule has 2 rings (SSSR count). The molecule has 0 aliphatic heterocycles. The minimum absolute atomic E-state index is 0.125. The second-order valence-electron chi connectivity index (χ2n) is 5.75. The molecule has 0 saturated heterocycles. The van der Waals surface area contributed by atoms with Gasteiger partial charge in [0.2, 0.25) is 0 Å². The first-order valence-corrected chi connectivity index (χ1v) is 8.24. The first kappa shape index (κ1) is 15.5. The van der Waals surface area contributed by atoms with E-state index in [1.54, 1.807) is 11.3 Å². The summed E-state index contributed by atoms with van der Waals surface area (Å²) in [5, 5.41) is 3.48. The zero-order valence-electron chi connectivity index (χ0n) is 12.1. The molecule has 0 aliphatic rings. The summed E-state index contributed by atoms with van der Waals surface area (Å²) in [4.78, 5) is 1.22. The molecule has 4 heteroatoms. The summed E-state index contributed by atoms with van der Waals surface area (Å²) in [6, 6.07) is 12.4. The Labute approximate surface area is 133 Å². The minimum atomic E-state index is 0.125. The van der Waals surface area contributed by atoms with Crippen LogP contribution in [0.2, 0.25) is 0 Å². The number of hydrogen-bond donors (Lipinski definition) is 1. The van der Waals surface area contributed by atoms with Crippen LogP contribution in [-0.2, 0) is 13.2 Å². The van der Waals surface area contributed by atoms with Gasteiger partial charge in [0, 0.05) is 17.0 Å². The number of halogens is 1. The molecule has 0 spiro atoms. The topological polar surface area (TPSA) is 21.3 Å². The van der Waals surface area contributed by atoms with Crippen LogP contribution in [0.25, 0.3) is 0 Å². The van der Waals surface area contributed by atoms with Crippen molar-refractivity contribution in [2.45, 2.75) is 39.5 Å². The van der Waals surface area contributed by atoms with Gasteiger partial charge in [-0.15, -0.1) is 11.3 Å². The summed E-state index contributed by atoms with van der Waals surface area (Å²) in [5.41, 5.74) is 1.37. The van der Waals surface area contributed by atoms with Gasteiger partial charge in [0.05, 0.1) is 3.79 Å². The first-order chi connectivity index (χ1) is 9.42. The Hall–Kier alpha value is -0.840. The largest absolute Gasteiger partial charge is 0.488 e. The van der Waals surface area contributed by atoms with E-state index in [1.807, 2.05) is 18.2 Å². The number of ether oxygens (including phenoxy) is 1. The number of rotatable bonds is 5. The Balaban J connectivity index is 1.92. The molecule has 108 valence electrons. The van der Waals surface area contributed by atoms with Gasteiger partial charge in [-0.1, -0.05) is 12.1 Å². The lowest BCUT2D eigenvalue weighted by Crippen LogP contribution is -2.35. The standard InChI is InChI=1S/C16H20BrNOS/c1-16(2,3)18-10-12-5-4-6-13(9-12)19-11-14-7-8-15(17)20-14/h4-9,18H,10-11H2,1-3H3. The molecule has 1 aromatic carbocycles. The molecule has 2 aromatic rings. The van der Waals surface area contributed by atoms with E-state index in [-0.39, 0.29) is 5.54 Å². The molecule has 1 heterocycles. The maximum atomic E-state index is 5.84. The molecule has 1 aromatic heterocycles. The molecule has 0 saturated carbocycles. The molecule has 2 nitrogen and oxygen atoms in total. The highest BCUT2D eigenvalue weighted by molar-refractivity contribution is 9.11. The molecule has 20 heavy (non-hydrogen) atoms. The Morgan fingerprint density at radius 1 is 1.20 bits per heavy atom. The fourth-order valence-electron chi connectivity index (χ4n) is 1.70. The van der Waals surface area contributed by atoms with Crippen molar-refractivity contribution in [3.63, 3.8) is 0 Å². The third-order valence-corrected chi connectivity index (χ3v) is 4.33. The number of benzene rings is 1. The van der Waals surface area contributed by atoms with Crippen LogP contribution in [0.15, 0.2) is 40.2 Å². The summed E-state index contributed by atoms with van der Waals surface area (Å²) < 4.78 is 6.98. The van der Waals surface area contributed by atoms with Crippen LogP contribution in [0.3, 0.4) is 0 Å². The van der Waals surface area contributed by atoms with Crippen LogP contribution in [0.1, 0.15) is 31.2 Å². The summed E-state index contributed by atoms with van der Waals surface area (Å²) in [5.74, 6) is 0.919. The van der Waals surface area contributed by atoms with Crippen molar-refractivity contribution in [3.8, 4) is 5.75 Å². The van der Waals surface area contributed by atoms with E-state index in [1.165, 1.54) is 10.4 Å². The third kappa shape index (κ3) is 5.27.